The van der Waals surface area contributed by atoms with Crippen molar-refractivity contribution in [1.82, 2.24) is 10.3 Å². The summed E-state index contributed by atoms with van der Waals surface area (Å²) in [5.41, 5.74) is 6.53. The first-order valence-electron chi connectivity index (χ1n) is 17.7. The van der Waals surface area contributed by atoms with Gasteiger partial charge < -0.3 is 40.4 Å². The van der Waals surface area contributed by atoms with E-state index in [0.717, 1.165) is 4.90 Å². The molecule has 7 N–H and O–H groups in total. The van der Waals surface area contributed by atoms with E-state index in [0.29, 0.717) is 5.75 Å². The van der Waals surface area contributed by atoms with Gasteiger partial charge in [0.25, 0.3) is 0 Å². The molecular weight excluding hydrogens is 724 g/mol. The monoisotopic (exact) mass is 768 g/mol. The highest BCUT2D eigenvalue weighted by atomic mass is 32.2. The molecule has 0 bridgehead atoms. The predicted octanol–water partition coefficient (Wildman–Crippen LogP) is 1.45. The van der Waals surface area contributed by atoms with Gasteiger partial charge in [0, 0.05) is 54.0 Å². The van der Waals surface area contributed by atoms with Gasteiger partial charge in [-0.25, -0.2) is 5.43 Å². The minimum Gasteiger partial charge on any atom is -0.507 e. The third kappa shape index (κ3) is 6.88. The molecule has 0 radical (unpaired) electrons. The van der Waals surface area contributed by atoms with Crippen LogP contribution in [0.15, 0.2) is 23.3 Å². The largest absolute Gasteiger partial charge is 0.507 e. The molecule has 0 spiro atoms. The first-order valence-corrected chi connectivity index (χ1v) is 18.7. The number of aliphatic hydroxyl groups is 2. The van der Waals surface area contributed by atoms with Crippen molar-refractivity contribution in [3.63, 3.8) is 0 Å². The van der Waals surface area contributed by atoms with Crippen LogP contribution in [-0.4, -0.2) is 116 Å². The molecule has 2 saturated heterocycles. The molecule has 6 rings (SSSR count). The second-order valence-corrected chi connectivity index (χ2v) is 15.6. The highest BCUT2D eigenvalue weighted by Gasteiger charge is 2.48. The van der Waals surface area contributed by atoms with Gasteiger partial charge in [-0.1, -0.05) is 26.0 Å². The lowest BCUT2D eigenvalue weighted by Gasteiger charge is -2.43. The summed E-state index contributed by atoms with van der Waals surface area (Å²) in [6.07, 6.45) is -4.20. The second kappa shape index (κ2) is 15.4. The van der Waals surface area contributed by atoms with Crippen LogP contribution < -0.4 is 15.9 Å². The van der Waals surface area contributed by atoms with Gasteiger partial charge in [0.2, 0.25) is 23.5 Å². The zero-order chi connectivity index (χ0) is 39.2. The number of carbonyl (C=O) groups is 5. The van der Waals surface area contributed by atoms with Crippen LogP contribution in [-0.2, 0) is 30.3 Å². The van der Waals surface area contributed by atoms with Gasteiger partial charge in [-0.2, -0.15) is 5.10 Å². The van der Waals surface area contributed by atoms with E-state index in [-0.39, 0.29) is 84.2 Å². The van der Waals surface area contributed by atoms with Crippen molar-refractivity contribution in [2.45, 2.75) is 88.8 Å². The Labute approximate surface area is 315 Å². The Kier molecular flexibility index (Phi) is 11.2. The summed E-state index contributed by atoms with van der Waals surface area (Å²) in [6.45, 7) is 4.36. The molecule has 6 unspecified atom stereocenters. The fourth-order valence-corrected chi connectivity index (χ4v) is 8.72. The average molecular weight is 769 g/mol. The minimum absolute atomic E-state index is 0.0139. The molecule has 16 nitrogen and oxygen atoms in total. The fourth-order valence-electron chi connectivity index (χ4n) is 7.79. The highest BCUT2D eigenvalue weighted by Crippen LogP contribution is 2.54. The van der Waals surface area contributed by atoms with Crippen LogP contribution in [0.3, 0.4) is 0 Å². The Morgan fingerprint density at radius 2 is 1.87 bits per heavy atom. The number of amides is 3. The number of hydrogen-bond acceptors (Lipinski definition) is 15. The fraction of sp³-hybridized carbons (Fsp3) is 0.514. The van der Waals surface area contributed by atoms with Crippen LogP contribution in [0.5, 0.6) is 17.2 Å². The van der Waals surface area contributed by atoms with Crippen molar-refractivity contribution in [2.24, 2.45) is 16.3 Å². The lowest BCUT2D eigenvalue weighted by Crippen LogP contribution is -2.52. The van der Waals surface area contributed by atoms with E-state index >= 15 is 0 Å². The van der Waals surface area contributed by atoms with Gasteiger partial charge >= 0.3 is 0 Å². The zero-order valence-corrected chi connectivity index (χ0v) is 31.1. The van der Waals surface area contributed by atoms with Crippen molar-refractivity contribution in [1.29, 1.82) is 0 Å². The summed E-state index contributed by atoms with van der Waals surface area (Å²) in [5, 5.41) is 48.5. The molecular formula is C37H44N4O12S. The molecule has 2 aliphatic heterocycles. The van der Waals surface area contributed by atoms with Crippen LogP contribution in [0.4, 0.5) is 0 Å². The molecule has 2 aromatic rings. The molecule has 2 heterocycles. The molecule has 7 atom stereocenters. The van der Waals surface area contributed by atoms with Gasteiger partial charge in [0.05, 0.1) is 59.7 Å². The van der Waals surface area contributed by atoms with Gasteiger partial charge in [0.15, 0.2) is 12.1 Å². The van der Waals surface area contributed by atoms with Crippen molar-refractivity contribution < 1.29 is 58.6 Å². The number of rotatable bonds is 11. The zero-order valence-electron chi connectivity index (χ0n) is 30.3. The van der Waals surface area contributed by atoms with E-state index in [1.165, 1.54) is 37.1 Å². The molecule has 0 aromatic heterocycles. The number of hydrogen-bond donors (Lipinski definition) is 6. The highest BCUT2D eigenvalue weighted by molar-refractivity contribution is 8.00. The number of likely N-dealkylation sites (tertiary alicyclic amines) is 1. The first kappa shape index (κ1) is 39.3. The number of nitrogens with zero attached hydrogens (tertiary/aromatic N) is 2. The quantitative estimate of drug-likeness (QED) is 0.0700. The summed E-state index contributed by atoms with van der Waals surface area (Å²) in [6, 6.07) is 3.72. The van der Waals surface area contributed by atoms with Crippen molar-refractivity contribution in [3.8, 4) is 17.2 Å². The molecule has 17 heteroatoms. The molecule has 0 saturated carbocycles. The van der Waals surface area contributed by atoms with E-state index in [1.807, 2.05) is 6.92 Å². The number of hydrazone groups is 1. The van der Waals surface area contributed by atoms with E-state index in [1.54, 1.807) is 13.8 Å². The number of carbonyl (C=O) groups excluding carboxylic acids is 5. The Morgan fingerprint density at radius 3 is 2.54 bits per heavy atom. The number of ether oxygens (including phenoxy) is 3. The molecule has 2 aliphatic carbocycles. The average Bonchev–Trinajstić information content (AvgIpc) is 3.40. The number of nitrogens with two attached hydrogens (primary N) is 1. The van der Waals surface area contributed by atoms with Crippen molar-refractivity contribution >= 4 is 46.8 Å². The van der Waals surface area contributed by atoms with E-state index in [4.69, 9.17) is 19.9 Å². The summed E-state index contributed by atoms with van der Waals surface area (Å²) in [7, 11) is 1.34. The third-order valence-electron chi connectivity index (χ3n) is 10.6. The first-order chi connectivity index (χ1) is 25.6. The molecule has 2 fully saturated rings. The number of ketones is 2. The molecule has 2 aromatic carbocycles. The normalized spacial score (nSPS) is 28.1. The molecule has 54 heavy (non-hydrogen) atoms. The van der Waals surface area contributed by atoms with E-state index in [9.17, 15) is 44.4 Å². The Balaban J connectivity index is 1.35. The number of aromatic hydroxyl groups is 2. The van der Waals surface area contributed by atoms with Crippen LogP contribution in [0.2, 0.25) is 0 Å². The van der Waals surface area contributed by atoms with Gasteiger partial charge in [0.1, 0.15) is 17.2 Å². The number of phenols is 2. The minimum atomic E-state index is -1.21. The maximum atomic E-state index is 14.0. The molecule has 290 valence electrons. The standard InChI is InChI=1S/C37H44N4O12S/c1-5-54-22-12-25(44)41(36(22)50)10-9-24(43)40-39-23(15-42)37(3)13-18-28(21(14-37)53-26-11-19(38)31(45)16(2)52-26)35(49)30-29(33(18)47)32(46)17-7-6-8-20(51-4)27(17)34(30)48/h6-8,16,19,21-22,26,31,42,45,47,49H,5,9-15,38H2,1-4H3,(H,40,43)/b39-23+/t16?,19?,21?,22?,26?,31?,37-/m1/s1. The predicted molar refractivity (Wildman–Crippen MR) is 193 cm³/mol. The maximum absolute atomic E-state index is 14.0. The number of imide groups is 1. The van der Waals surface area contributed by atoms with Crippen molar-refractivity contribution in [2.75, 3.05) is 26.0 Å². The molecule has 3 amide bonds. The molecule has 4 aliphatic rings. The summed E-state index contributed by atoms with van der Waals surface area (Å²) in [4.78, 5) is 67.0. The number of phenolic OH excluding ortho intramolecular Hbond substituents is 2. The maximum Gasteiger partial charge on any atom is 0.242 e. The SMILES string of the molecule is CCSC1CC(=O)N(CCC(=O)N/N=C(\CO)[C@]2(C)Cc3c(O)c4c(c(O)c3C(OC3CC(N)C(O)C(C)O3)C2)C(=O)c2c(OC)cccc2C4=O)C1=O. The summed E-state index contributed by atoms with van der Waals surface area (Å²) in [5.74, 6) is -3.21. The Morgan fingerprint density at radius 1 is 1.15 bits per heavy atom. The number of nitrogens with one attached hydrogen (secondary N) is 1. The van der Waals surface area contributed by atoms with Crippen LogP contribution in [0.1, 0.15) is 95.5 Å². The Hall–Kier alpha value is -4.39. The van der Waals surface area contributed by atoms with E-state index < -0.39 is 88.0 Å². The summed E-state index contributed by atoms with van der Waals surface area (Å²) < 4.78 is 17.7. The van der Waals surface area contributed by atoms with Crippen LogP contribution in [0, 0.1) is 5.41 Å². The van der Waals surface area contributed by atoms with Crippen LogP contribution >= 0.6 is 11.8 Å². The topological polar surface area (TPSA) is 248 Å². The lowest BCUT2D eigenvalue weighted by atomic mass is 9.66. The van der Waals surface area contributed by atoms with E-state index in [2.05, 4.69) is 10.5 Å². The number of methoxy groups -OCH3 is 1. The smallest absolute Gasteiger partial charge is 0.242 e. The van der Waals surface area contributed by atoms with Gasteiger partial charge in [-0.3, -0.25) is 28.9 Å². The number of aliphatic hydroxyl groups excluding tert-OH is 2. The van der Waals surface area contributed by atoms with Crippen molar-refractivity contribution in [3.05, 3.63) is 51.6 Å². The number of thioether (sulfide) groups is 1. The number of fused-ring (bicyclic) bond motifs is 3. The second-order valence-electron chi connectivity index (χ2n) is 14.1. The van der Waals surface area contributed by atoms with Gasteiger partial charge in [-0.05, 0) is 31.6 Å². The summed E-state index contributed by atoms with van der Waals surface area (Å²) >= 11 is 1.36. The van der Waals surface area contributed by atoms with Crippen LogP contribution in [0.25, 0.3) is 0 Å². The third-order valence-corrected chi connectivity index (χ3v) is 11.8. The Bertz CT molecular complexity index is 1920. The number of benzene rings is 2. The lowest BCUT2D eigenvalue weighted by molar-refractivity contribution is -0.244. The van der Waals surface area contributed by atoms with Gasteiger partial charge in [-0.15, -0.1) is 11.8 Å².